The predicted octanol–water partition coefficient (Wildman–Crippen LogP) is 3.34. The normalized spacial score (nSPS) is 18.7. The molecule has 1 amide bonds. The van der Waals surface area contributed by atoms with E-state index < -0.39 is 0 Å². The number of carbonyl (C=O) groups is 1. The number of amides is 1. The lowest BCUT2D eigenvalue weighted by Crippen LogP contribution is -2.34. The molecule has 0 bridgehead atoms. The topological polar surface area (TPSA) is 48.0 Å². The first-order chi connectivity index (χ1) is 12.7. The van der Waals surface area contributed by atoms with Crippen molar-refractivity contribution in [2.75, 3.05) is 26.4 Å². The van der Waals surface area contributed by atoms with Gasteiger partial charge in [0.05, 0.1) is 6.04 Å². The Bertz CT molecular complexity index is 793. The van der Waals surface area contributed by atoms with Crippen molar-refractivity contribution in [1.29, 1.82) is 0 Å². The highest BCUT2D eigenvalue weighted by molar-refractivity contribution is 5.78. The summed E-state index contributed by atoms with van der Waals surface area (Å²) < 4.78 is 29.7. The van der Waals surface area contributed by atoms with Gasteiger partial charge in [-0.2, -0.15) is 0 Å². The number of likely N-dealkylation sites (tertiary alicyclic amines) is 1. The molecule has 2 aromatic carbocycles. The van der Waals surface area contributed by atoms with Crippen molar-refractivity contribution in [3.8, 4) is 17.2 Å². The molecule has 0 unspecified atom stereocenters. The lowest BCUT2D eigenvalue weighted by molar-refractivity contribution is -0.134. The molecule has 1 atom stereocenters. The second kappa shape index (κ2) is 7.23. The summed E-state index contributed by atoms with van der Waals surface area (Å²) in [7, 11) is 0. The van der Waals surface area contributed by atoms with Crippen LogP contribution in [-0.2, 0) is 4.79 Å². The third-order valence-electron chi connectivity index (χ3n) is 4.70. The number of nitrogens with zero attached hydrogens (tertiary/aromatic N) is 1. The molecule has 6 heteroatoms. The molecule has 0 radical (unpaired) electrons. The second-order valence-corrected chi connectivity index (χ2v) is 6.39. The highest BCUT2D eigenvalue weighted by Gasteiger charge is 2.31. The molecule has 1 saturated heterocycles. The van der Waals surface area contributed by atoms with Gasteiger partial charge in [0.2, 0.25) is 0 Å². The molecule has 4 rings (SSSR count). The Morgan fingerprint density at radius 3 is 2.69 bits per heavy atom. The molecule has 2 aliphatic rings. The molecule has 2 aromatic rings. The van der Waals surface area contributed by atoms with E-state index in [1.54, 1.807) is 0 Å². The Morgan fingerprint density at radius 1 is 1.12 bits per heavy atom. The molecule has 0 aromatic heterocycles. The largest absolute Gasteiger partial charge is 0.486 e. The SMILES string of the molecule is O=C(COc1ccc(F)cc1)N1CCC[C@@H]1c1ccc2c(c1)OCCO2. The first-order valence-corrected chi connectivity index (χ1v) is 8.78. The first kappa shape index (κ1) is 16.7. The van der Waals surface area contributed by atoms with Gasteiger partial charge >= 0.3 is 0 Å². The van der Waals surface area contributed by atoms with Crippen LogP contribution in [-0.4, -0.2) is 37.2 Å². The maximum atomic E-state index is 12.9. The summed E-state index contributed by atoms with van der Waals surface area (Å²) in [6, 6.07) is 11.5. The van der Waals surface area contributed by atoms with Gasteiger partial charge in [0.25, 0.3) is 5.91 Å². The lowest BCUT2D eigenvalue weighted by atomic mass is 10.0. The van der Waals surface area contributed by atoms with Gasteiger partial charge < -0.3 is 19.1 Å². The summed E-state index contributed by atoms with van der Waals surface area (Å²) in [5.74, 6) is 1.55. The van der Waals surface area contributed by atoms with Crippen molar-refractivity contribution in [3.05, 3.63) is 53.8 Å². The molecule has 136 valence electrons. The van der Waals surface area contributed by atoms with Crippen LogP contribution in [0, 0.1) is 5.82 Å². The van der Waals surface area contributed by atoms with Crippen LogP contribution >= 0.6 is 0 Å². The molecular weight excluding hydrogens is 337 g/mol. The average Bonchev–Trinajstić information content (AvgIpc) is 3.17. The number of carbonyl (C=O) groups excluding carboxylic acids is 1. The maximum absolute atomic E-state index is 12.9. The molecule has 5 nitrogen and oxygen atoms in total. The molecule has 1 fully saturated rings. The van der Waals surface area contributed by atoms with Crippen molar-refractivity contribution < 1.29 is 23.4 Å². The molecule has 0 spiro atoms. The third kappa shape index (κ3) is 3.45. The molecule has 0 aliphatic carbocycles. The summed E-state index contributed by atoms with van der Waals surface area (Å²) in [6.45, 7) is 1.73. The van der Waals surface area contributed by atoms with Gasteiger partial charge in [0, 0.05) is 6.54 Å². The minimum absolute atomic E-state index is 0.00939. The molecule has 2 aliphatic heterocycles. The van der Waals surface area contributed by atoms with Crippen LogP contribution in [0.25, 0.3) is 0 Å². The predicted molar refractivity (Wildman–Crippen MR) is 93.0 cm³/mol. The second-order valence-electron chi connectivity index (χ2n) is 6.39. The van der Waals surface area contributed by atoms with E-state index in [-0.39, 0.29) is 24.4 Å². The van der Waals surface area contributed by atoms with Gasteiger partial charge in [-0.25, -0.2) is 4.39 Å². The van der Waals surface area contributed by atoms with Crippen LogP contribution in [0.2, 0.25) is 0 Å². The number of hydrogen-bond acceptors (Lipinski definition) is 4. The fraction of sp³-hybridized carbons (Fsp3) is 0.350. The quantitative estimate of drug-likeness (QED) is 0.842. The van der Waals surface area contributed by atoms with Crippen LogP contribution in [0.5, 0.6) is 17.2 Å². The Balaban J connectivity index is 1.44. The number of benzene rings is 2. The smallest absolute Gasteiger partial charge is 0.261 e. The van der Waals surface area contributed by atoms with E-state index in [0.29, 0.717) is 25.5 Å². The zero-order valence-corrected chi connectivity index (χ0v) is 14.3. The Labute approximate surface area is 151 Å². The van der Waals surface area contributed by atoms with Gasteiger partial charge in [-0.1, -0.05) is 6.07 Å². The van der Waals surface area contributed by atoms with E-state index in [0.717, 1.165) is 29.9 Å². The fourth-order valence-corrected chi connectivity index (χ4v) is 3.44. The number of hydrogen-bond donors (Lipinski definition) is 0. The van der Waals surface area contributed by atoms with Crippen molar-refractivity contribution >= 4 is 5.91 Å². The summed E-state index contributed by atoms with van der Waals surface area (Å²) in [6.07, 6.45) is 1.85. The summed E-state index contributed by atoms with van der Waals surface area (Å²) in [5.41, 5.74) is 1.04. The fourth-order valence-electron chi connectivity index (χ4n) is 3.44. The van der Waals surface area contributed by atoms with E-state index in [2.05, 4.69) is 0 Å². The van der Waals surface area contributed by atoms with Crippen molar-refractivity contribution in [3.63, 3.8) is 0 Å². The number of fused-ring (bicyclic) bond motifs is 1. The summed E-state index contributed by atoms with van der Waals surface area (Å²) in [5, 5.41) is 0. The zero-order valence-electron chi connectivity index (χ0n) is 14.3. The van der Waals surface area contributed by atoms with E-state index >= 15 is 0 Å². The monoisotopic (exact) mass is 357 g/mol. The van der Waals surface area contributed by atoms with Gasteiger partial charge in [0.1, 0.15) is 24.8 Å². The third-order valence-corrected chi connectivity index (χ3v) is 4.70. The van der Waals surface area contributed by atoms with E-state index in [9.17, 15) is 9.18 Å². The Hall–Kier alpha value is -2.76. The van der Waals surface area contributed by atoms with Crippen LogP contribution in [0.1, 0.15) is 24.4 Å². The Morgan fingerprint density at radius 2 is 1.88 bits per heavy atom. The van der Waals surface area contributed by atoms with Crippen LogP contribution < -0.4 is 14.2 Å². The van der Waals surface area contributed by atoms with Gasteiger partial charge in [-0.3, -0.25) is 4.79 Å². The highest BCUT2D eigenvalue weighted by atomic mass is 19.1. The molecular formula is C20H20FNO4. The highest BCUT2D eigenvalue weighted by Crippen LogP contribution is 2.38. The lowest BCUT2D eigenvalue weighted by Gasteiger charge is -2.26. The Kier molecular flexibility index (Phi) is 4.65. The van der Waals surface area contributed by atoms with Crippen LogP contribution in [0.3, 0.4) is 0 Å². The zero-order chi connectivity index (χ0) is 17.9. The minimum Gasteiger partial charge on any atom is -0.486 e. The van der Waals surface area contributed by atoms with Crippen LogP contribution in [0.4, 0.5) is 4.39 Å². The maximum Gasteiger partial charge on any atom is 0.261 e. The molecule has 0 N–H and O–H groups in total. The minimum atomic E-state index is -0.332. The van der Waals surface area contributed by atoms with E-state index in [1.807, 2.05) is 23.1 Å². The number of rotatable bonds is 4. The standard InChI is InChI=1S/C20H20FNO4/c21-15-4-6-16(7-5-15)26-13-20(23)22-9-1-2-17(22)14-3-8-18-19(12-14)25-11-10-24-18/h3-8,12,17H,1-2,9-11,13H2/t17-/m1/s1. The molecule has 2 heterocycles. The first-order valence-electron chi connectivity index (χ1n) is 8.78. The average molecular weight is 357 g/mol. The van der Waals surface area contributed by atoms with Gasteiger partial charge in [0.15, 0.2) is 18.1 Å². The van der Waals surface area contributed by atoms with Gasteiger partial charge in [-0.05, 0) is 54.8 Å². The van der Waals surface area contributed by atoms with Crippen molar-refractivity contribution in [2.24, 2.45) is 0 Å². The number of ether oxygens (including phenoxy) is 3. The van der Waals surface area contributed by atoms with Crippen LogP contribution in [0.15, 0.2) is 42.5 Å². The summed E-state index contributed by atoms with van der Waals surface area (Å²) in [4.78, 5) is 14.5. The van der Waals surface area contributed by atoms with Crippen molar-refractivity contribution in [1.82, 2.24) is 4.90 Å². The van der Waals surface area contributed by atoms with Crippen molar-refractivity contribution in [2.45, 2.75) is 18.9 Å². The molecule has 0 saturated carbocycles. The van der Waals surface area contributed by atoms with E-state index in [1.165, 1.54) is 24.3 Å². The number of halogens is 1. The van der Waals surface area contributed by atoms with E-state index in [4.69, 9.17) is 14.2 Å². The molecule has 26 heavy (non-hydrogen) atoms. The van der Waals surface area contributed by atoms with Gasteiger partial charge in [-0.15, -0.1) is 0 Å². The summed E-state index contributed by atoms with van der Waals surface area (Å²) >= 11 is 0.